The summed E-state index contributed by atoms with van der Waals surface area (Å²) in [5.74, 6) is 1.39. The Balaban J connectivity index is 1.99. The molecule has 1 amide bonds. The molecule has 0 spiro atoms. The zero-order valence-electron chi connectivity index (χ0n) is 12.8. The predicted octanol–water partition coefficient (Wildman–Crippen LogP) is 3.82. The van der Waals surface area contributed by atoms with Crippen LogP contribution in [0.25, 0.3) is 0 Å². The highest BCUT2D eigenvalue weighted by Crippen LogP contribution is 2.28. The van der Waals surface area contributed by atoms with Crippen LogP contribution in [-0.4, -0.2) is 25.4 Å². The van der Waals surface area contributed by atoms with Crippen molar-refractivity contribution >= 4 is 23.4 Å². The lowest BCUT2D eigenvalue weighted by atomic mass is 10.3. The van der Waals surface area contributed by atoms with Gasteiger partial charge in [0, 0.05) is 4.90 Å². The standard InChI is InChI=1S/C17H19NO3S/c1-12(22-14-10-8-13(20-2)9-11-14)17(19)18-15-6-4-5-7-16(15)21-3/h4-12H,1-3H3,(H,18,19). The molecule has 0 aromatic heterocycles. The molecule has 2 aromatic rings. The number of nitrogens with one attached hydrogen (secondary N) is 1. The lowest BCUT2D eigenvalue weighted by Crippen LogP contribution is -2.22. The highest BCUT2D eigenvalue weighted by Gasteiger charge is 2.16. The van der Waals surface area contributed by atoms with Gasteiger partial charge < -0.3 is 14.8 Å². The molecule has 4 nitrogen and oxygen atoms in total. The van der Waals surface area contributed by atoms with Crippen LogP contribution < -0.4 is 14.8 Å². The van der Waals surface area contributed by atoms with Gasteiger partial charge in [-0.3, -0.25) is 4.79 Å². The lowest BCUT2D eigenvalue weighted by Gasteiger charge is -2.14. The molecule has 0 saturated carbocycles. The summed E-state index contributed by atoms with van der Waals surface area (Å²) in [7, 11) is 3.21. The molecule has 2 rings (SSSR count). The number of para-hydroxylation sites is 2. The van der Waals surface area contributed by atoms with Crippen LogP contribution in [0.4, 0.5) is 5.69 Å². The van der Waals surface area contributed by atoms with E-state index >= 15 is 0 Å². The minimum absolute atomic E-state index is 0.0645. The van der Waals surface area contributed by atoms with Gasteiger partial charge in [0.05, 0.1) is 25.2 Å². The summed E-state index contributed by atoms with van der Waals surface area (Å²) in [6.45, 7) is 1.87. The molecule has 0 saturated heterocycles. The molecule has 0 radical (unpaired) electrons. The van der Waals surface area contributed by atoms with Gasteiger partial charge in [0.2, 0.25) is 5.91 Å². The van der Waals surface area contributed by atoms with Gasteiger partial charge in [-0.05, 0) is 43.3 Å². The van der Waals surface area contributed by atoms with Crippen LogP contribution in [0, 0.1) is 0 Å². The molecule has 116 valence electrons. The molecular weight excluding hydrogens is 298 g/mol. The molecule has 0 aliphatic heterocycles. The molecule has 22 heavy (non-hydrogen) atoms. The fraction of sp³-hybridized carbons (Fsp3) is 0.235. The Labute approximate surface area is 134 Å². The number of hydrogen-bond acceptors (Lipinski definition) is 4. The summed E-state index contributed by atoms with van der Waals surface area (Å²) >= 11 is 1.50. The molecule has 0 fully saturated rings. The van der Waals surface area contributed by atoms with Gasteiger partial charge in [-0.25, -0.2) is 0 Å². The van der Waals surface area contributed by atoms with Crippen molar-refractivity contribution in [2.75, 3.05) is 19.5 Å². The Kier molecular flexibility index (Phi) is 5.72. The van der Waals surface area contributed by atoms with Crippen molar-refractivity contribution in [1.82, 2.24) is 0 Å². The van der Waals surface area contributed by atoms with E-state index in [0.29, 0.717) is 11.4 Å². The maximum Gasteiger partial charge on any atom is 0.237 e. The fourth-order valence-electron chi connectivity index (χ4n) is 1.89. The first-order valence-corrected chi connectivity index (χ1v) is 7.76. The van der Waals surface area contributed by atoms with Crippen LogP contribution in [-0.2, 0) is 4.79 Å². The quantitative estimate of drug-likeness (QED) is 0.823. The van der Waals surface area contributed by atoms with Gasteiger partial charge in [0.25, 0.3) is 0 Å². The second-order valence-electron chi connectivity index (χ2n) is 4.63. The van der Waals surface area contributed by atoms with Crippen LogP contribution in [0.5, 0.6) is 11.5 Å². The zero-order chi connectivity index (χ0) is 15.9. The first-order chi connectivity index (χ1) is 10.6. The SMILES string of the molecule is COc1ccc(SC(C)C(=O)Nc2ccccc2OC)cc1. The van der Waals surface area contributed by atoms with E-state index in [0.717, 1.165) is 10.6 Å². The number of thioether (sulfide) groups is 1. The summed E-state index contributed by atoms with van der Waals surface area (Å²) in [6.07, 6.45) is 0. The van der Waals surface area contributed by atoms with E-state index < -0.39 is 0 Å². The Morgan fingerprint density at radius 1 is 1.05 bits per heavy atom. The first kappa shape index (κ1) is 16.2. The van der Waals surface area contributed by atoms with Crippen molar-refractivity contribution < 1.29 is 14.3 Å². The van der Waals surface area contributed by atoms with Crippen molar-refractivity contribution in [3.05, 3.63) is 48.5 Å². The van der Waals surface area contributed by atoms with Gasteiger partial charge in [0.1, 0.15) is 11.5 Å². The van der Waals surface area contributed by atoms with E-state index in [2.05, 4.69) is 5.32 Å². The van der Waals surface area contributed by atoms with Crippen LogP contribution in [0.3, 0.4) is 0 Å². The van der Waals surface area contributed by atoms with E-state index in [9.17, 15) is 4.79 Å². The van der Waals surface area contributed by atoms with E-state index in [1.165, 1.54) is 11.8 Å². The molecular formula is C17H19NO3S. The van der Waals surface area contributed by atoms with Crippen molar-refractivity contribution in [3.8, 4) is 11.5 Å². The van der Waals surface area contributed by atoms with Crippen molar-refractivity contribution in [3.63, 3.8) is 0 Å². The number of carbonyl (C=O) groups is 1. The first-order valence-electron chi connectivity index (χ1n) is 6.88. The molecule has 1 atom stereocenters. The zero-order valence-corrected chi connectivity index (χ0v) is 13.6. The highest BCUT2D eigenvalue weighted by atomic mass is 32.2. The lowest BCUT2D eigenvalue weighted by molar-refractivity contribution is -0.115. The molecule has 1 N–H and O–H groups in total. The van der Waals surface area contributed by atoms with Crippen LogP contribution in [0.2, 0.25) is 0 Å². The van der Waals surface area contributed by atoms with Crippen molar-refractivity contribution in [1.29, 1.82) is 0 Å². The van der Waals surface area contributed by atoms with E-state index in [1.807, 2.05) is 55.5 Å². The van der Waals surface area contributed by atoms with Crippen LogP contribution in [0.1, 0.15) is 6.92 Å². The molecule has 0 heterocycles. The molecule has 5 heteroatoms. The summed E-state index contributed by atoms with van der Waals surface area (Å²) < 4.78 is 10.4. The molecule has 0 aliphatic carbocycles. The molecule has 0 aliphatic rings. The maximum absolute atomic E-state index is 12.3. The smallest absolute Gasteiger partial charge is 0.237 e. The number of carbonyl (C=O) groups excluding carboxylic acids is 1. The van der Waals surface area contributed by atoms with Gasteiger partial charge in [0.15, 0.2) is 0 Å². The normalized spacial score (nSPS) is 11.6. The van der Waals surface area contributed by atoms with Crippen LogP contribution in [0.15, 0.2) is 53.4 Å². The van der Waals surface area contributed by atoms with Crippen LogP contribution >= 0.6 is 11.8 Å². The minimum Gasteiger partial charge on any atom is -0.497 e. The van der Waals surface area contributed by atoms with E-state index in [1.54, 1.807) is 14.2 Å². The average Bonchev–Trinajstić information content (AvgIpc) is 2.56. The van der Waals surface area contributed by atoms with Crippen molar-refractivity contribution in [2.24, 2.45) is 0 Å². The van der Waals surface area contributed by atoms with Gasteiger partial charge in [-0.15, -0.1) is 11.8 Å². The third-order valence-corrected chi connectivity index (χ3v) is 4.22. The molecule has 1 unspecified atom stereocenters. The van der Waals surface area contributed by atoms with Gasteiger partial charge >= 0.3 is 0 Å². The number of benzene rings is 2. The summed E-state index contributed by atoms with van der Waals surface area (Å²) in [5.41, 5.74) is 0.678. The Morgan fingerprint density at radius 2 is 1.73 bits per heavy atom. The Morgan fingerprint density at radius 3 is 2.36 bits per heavy atom. The monoisotopic (exact) mass is 317 g/mol. The van der Waals surface area contributed by atoms with Gasteiger partial charge in [-0.1, -0.05) is 12.1 Å². The number of rotatable bonds is 6. The van der Waals surface area contributed by atoms with E-state index in [-0.39, 0.29) is 11.2 Å². The second kappa shape index (κ2) is 7.75. The van der Waals surface area contributed by atoms with E-state index in [4.69, 9.17) is 9.47 Å². The third kappa shape index (κ3) is 4.18. The maximum atomic E-state index is 12.3. The Hall–Kier alpha value is -2.14. The Bertz CT molecular complexity index is 628. The summed E-state index contributed by atoms with van der Waals surface area (Å²) in [6, 6.07) is 15.0. The number of ether oxygens (including phenoxy) is 2. The largest absolute Gasteiger partial charge is 0.497 e. The third-order valence-electron chi connectivity index (χ3n) is 3.11. The minimum atomic E-state index is -0.224. The predicted molar refractivity (Wildman–Crippen MR) is 89.9 cm³/mol. The second-order valence-corrected chi connectivity index (χ2v) is 6.04. The fourth-order valence-corrected chi connectivity index (χ4v) is 2.76. The average molecular weight is 317 g/mol. The topological polar surface area (TPSA) is 47.6 Å². The van der Waals surface area contributed by atoms with Crippen molar-refractivity contribution in [2.45, 2.75) is 17.1 Å². The number of methoxy groups -OCH3 is 2. The summed E-state index contributed by atoms with van der Waals surface area (Å²) in [5, 5.41) is 2.67. The number of amides is 1. The highest BCUT2D eigenvalue weighted by molar-refractivity contribution is 8.00. The van der Waals surface area contributed by atoms with Gasteiger partial charge in [-0.2, -0.15) is 0 Å². The number of anilines is 1. The molecule has 2 aromatic carbocycles. The summed E-state index contributed by atoms with van der Waals surface area (Å²) in [4.78, 5) is 13.3. The number of hydrogen-bond donors (Lipinski definition) is 1. The molecule has 0 bridgehead atoms.